The van der Waals surface area contributed by atoms with Gasteiger partial charge in [0.2, 0.25) is 0 Å². The van der Waals surface area contributed by atoms with E-state index in [9.17, 15) is 14.4 Å². The Morgan fingerprint density at radius 1 is 0.750 bits per heavy atom. The molecule has 1 unspecified atom stereocenters. The van der Waals surface area contributed by atoms with Gasteiger partial charge in [0.1, 0.15) is 22.9 Å². The fraction of sp³-hybridized carbons (Fsp3) is 0.188. The molecule has 0 spiro atoms. The van der Waals surface area contributed by atoms with Gasteiger partial charge in [-0.05, 0) is 36.4 Å². The minimum absolute atomic E-state index is 0.280. The lowest BCUT2D eigenvalue weighted by atomic mass is 10.1. The number of hydrogen-bond acceptors (Lipinski definition) is 10. The fourth-order valence-electron chi connectivity index (χ4n) is 4.86. The van der Waals surface area contributed by atoms with Crippen LogP contribution < -0.4 is 0 Å². The SMILES string of the molecule is Cn1cnc2c(ncn2C2O[C@H](COC(=O)c3ccccc3)[C@@H](OC(=O)c3ccccc3)[C@H]2OC(=O)c2ccccc2)c1=S. The third-order valence-corrected chi connectivity index (χ3v) is 7.58. The van der Waals surface area contributed by atoms with E-state index in [1.54, 1.807) is 107 Å². The highest BCUT2D eigenvalue weighted by molar-refractivity contribution is 7.71. The molecule has 11 nitrogen and oxygen atoms in total. The molecule has 0 radical (unpaired) electrons. The number of carbonyl (C=O) groups excluding carboxylic acids is 3. The first kappa shape index (κ1) is 28.9. The fourth-order valence-corrected chi connectivity index (χ4v) is 5.05. The largest absolute Gasteiger partial charge is 0.459 e. The summed E-state index contributed by atoms with van der Waals surface area (Å²) in [6.45, 7) is -0.308. The summed E-state index contributed by atoms with van der Waals surface area (Å²) in [5.74, 6) is -1.94. The highest BCUT2D eigenvalue weighted by Gasteiger charge is 2.51. The Morgan fingerprint density at radius 2 is 1.27 bits per heavy atom. The Hall–Kier alpha value is -5.20. The Labute approximate surface area is 256 Å². The van der Waals surface area contributed by atoms with Crippen LogP contribution in [0.25, 0.3) is 11.2 Å². The summed E-state index contributed by atoms with van der Waals surface area (Å²) in [5.41, 5.74) is 1.70. The van der Waals surface area contributed by atoms with Crippen molar-refractivity contribution < 1.29 is 33.3 Å². The van der Waals surface area contributed by atoms with E-state index in [1.165, 1.54) is 12.7 Å². The van der Waals surface area contributed by atoms with Gasteiger partial charge in [-0.1, -0.05) is 66.8 Å². The molecule has 3 aromatic carbocycles. The maximum Gasteiger partial charge on any atom is 0.338 e. The second kappa shape index (κ2) is 12.6. The summed E-state index contributed by atoms with van der Waals surface area (Å²) in [7, 11) is 1.75. The van der Waals surface area contributed by atoms with Gasteiger partial charge in [0.25, 0.3) is 0 Å². The lowest BCUT2D eigenvalue weighted by Gasteiger charge is -2.25. The molecule has 1 fully saturated rings. The molecule has 4 atom stereocenters. The van der Waals surface area contributed by atoms with E-state index in [1.807, 2.05) is 0 Å². The molecule has 1 aliphatic heterocycles. The summed E-state index contributed by atoms with van der Waals surface area (Å²) in [6.07, 6.45) is -1.49. The van der Waals surface area contributed by atoms with E-state index >= 15 is 0 Å². The van der Waals surface area contributed by atoms with Crippen LogP contribution in [0.15, 0.2) is 104 Å². The zero-order valence-corrected chi connectivity index (χ0v) is 24.2. The molecule has 5 aromatic rings. The van der Waals surface area contributed by atoms with E-state index in [0.29, 0.717) is 21.4 Å². The summed E-state index contributed by atoms with van der Waals surface area (Å²) in [6, 6.07) is 25.2. The first-order chi connectivity index (χ1) is 21.4. The number of aryl methyl sites for hydroxylation is 1. The van der Waals surface area contributed by atoms with Crippen LogP contribution in [0.2, 0.25) is 0 Å². The van der Waals surface area contributed by atoms with Crippen LogP contribution in [0.4, 0.5) is 0 Å². The van der Waals surface area contributed by atoms with Gasteiger partial charge in [-0.2, -0.15) is 0 Å². The van der Waals surface area contributed by atoms with Crippen molar-refractivity contribution in [3.8, 4) is 0 Å². The monoisotopic (exact) mass is 610 g/mol. The van der Waals surface area contributed by atoms with Gasteiger partial charge in [-0.25, -0.2) is 24.4 Å². The van der Waals surface area contributed by atoms with E-state index in [0.717, 1.165) is 0 Å². The topological polar surface area (TPSA) is 124 Å². The van der Waals surface area contributed by atoms with Gasteiger partial charge >= 0.3 is 17.9 Å². The number of carbonyl (C=O) groups is 3. The normalized spacial score (nSPS) is 19.4. The maximum absolute atomic E-state index is 13.4. The lowest BCUT2D eigenvalue weighted by Crippen LogP contribution is -2.41. The van der Waals surface area contributed by atoms with Crippen LogP contribution in [0.5, 0.6) is 0 Å². The summed E-state index contributed by atoms with van der Waals surface area (Å²) in [4.78, 5) is 48.4. The summed E-state index contributed by atoms with van der Waals surface area (Å²) < 4.78 is 27.6. The van der Waals surface area contributed by atoms with Gasteiger partial charge < -0.3 is 23.5 Å². The van der Waals surface area contributed by atoms with Gasteiger partial charge in [-0.3, -0.25) is 4.57 Å². The molecule has 3 heterocycles. The predicted octanol–water partition coefficient (Wildman–Crippen LogP) is 4.70. The van der Waals surface area contributed by atoms with Crippen LogP contribution in [-0.4, -0.2) is 61.9 Å². The van der Waals surface area contributed by atoms with Crippen molar-refractivity contribution in [2.75, 3.05) is 6.61 Å². The van der Waals surface area contributed by atoms with Gasteiger partial charge in [0.05, 0.1) is 29.3 Å². The molecule has 12 heteroatoms. The number of rotatable bonds is 8. The second-order valence-electron chi connectivity index (χ2n) is 9.99. The van der Waals surface area contributed by atoms with Crippen LogP contribution in [0.1, 0.15) is 37.3 Å². The molecule has 6 rings (SSSR count). The van der Waals surface area contributed by atoms with Crippen molar-refractivity contribution in [1.29, 1.82) is 0 Å². The third-order valence-electron chi connectivity index (χ3n) is 7.10. The zero-order valence-electron chi connectivity index (χ0n) is 23.4. The van der Waals surface area contributed by atoms with Gasteiger partial charge in [0, 0.05) is 7.05 Å². The number of fused-ring (bicyclic) bond motifs is 1. The lowest BCUT2D eigenvalue weighted by molar-refractivity contribution is -0.0606. The Balaban J connectivity index is 1.38. The van der Waals surface area contributed by atoms with Gasteiger partial charge in [0.15, 0.2) is 24.1 Å². The summed E-state index contributed by atoms with van der Waals surface area (Å²) >= 11 is 5.51. The van der Waals surface area contributed by atoms with Crippen LogP contribution >= 0.6 is 12.2 Å². The highest BCUT2D eigenvalue weighted by atomic mass is 32.1. The minimum Gasteiger partial charge on any atom is -0.459 e. The van der Waals surface area contributed by atoms with Crippen molar-refractivity contribution in [3.05, 3.63) is 125 Å². The molecule has 2 aromatic heterocycles. The average molecular weight is 611 g/mol. The molecule has 1 aliphatic rings. The number of nitrogens with zero attached hydrogens (tertiary/aromatic N) is 4. The Bertz CT molecular complexity index is 1860. The maximum atomic E-state index is 13.4. The first-order valence-corrected chi connectivity index (χ1v) is 14.1. The third kappa shape index (κ3) is 5.85. The van der Waals surface area contributed by atoms with Crippen LogP contribution in [-0.2, 0) is 26.0 Å². The molecule has 0 N–H and O–H groups in total. The van der Waals surface area contributed by atoms with Crippen LogP contribution in [0.3, 0.4) is 0 Å². The molecule has 0 bridgehead atoms. The molecule has 0 aliphatic carbocycles. The zero-order chi connectivity index (χ0) is 30.6. The van der Waals surface area contributed by atoms with Crippen molar-refractivity contribution in [2.24, 2.45) is 7.05 Å². The van der Waals surface area contributed by atoms with Crippen molar-refractivity contribution in [2.45, 2.75) is 24.5 Å². The van der Waals surface area contributed by atoms with E-state index in [-0.39, 0.29) is 17.7 Å². The quantitative estimate of drug-likeness (QED) is 0.139. The first-order valence-electron chi connectivity index (χ1n) is 13.7. The van der Waals surface area contributed by atoms with E-state index in [4.69, 9.17) is 31.2 Å². The number of hydrogen-bond donors (Lipinski definition) is 0. The number of aromatic nitrogens is 4. The van der Waals surface area contributed by atoms with Crippen molar-refractivity contribution in [3.63, 3.8) is 0 Å². The highest BCUT2D eigenvalue weighted by Crippen LogP contribution is 2.37. The smallest absolute Gasteiger partial charge is 0.338 e. The van der Waals surface area contributed by atoms with Crippen molar-refractivity contribution in [1.82, 2.24) is 19.1 Å². The van der Waals surface area contributed by atoms with E-state index < -0.39 is 42.4 Å². The molecule has 222 valence electrons. The Kier molecular flexibility index (Phi) is 8.26. The number of benzene rings is 3. The second-order valence-corrected chi connectivity index (χ2v) is 10.4. The van der Waals surface area contributed by atoms with Crippen molar-refractivity contribution >= 4 is 41.3 Å². The standard InChI is InChI=1S/C32H26N4O7S/c1-35-18-34-27-24(29(35)44)33-19-36(27)28-26(43-32(39)22-15-9-4-10-16-22)25(42-31(38)21-13-7-3-8-14-21)23(41-28)17-40-30(37)20-11-5-2-6-12-20/h2-16,18-19,23,25-26,28H,17H2,1H3/t23-,25-,26-,28?/m1/s1. The molecule has 44 heavy (non-hydrogen) atoms. The number of esters is 3. The van der Waals surface area contributed by atoms with Crippen LogP contribution in [0, 0.1) is 4.64 Å². The summed E-state index contributed by atoms with van der Waals surface area (Å²) in [5, 5.41) is 0. The number of ether oxygens (including phenoxy) is 4. The molecule has 0 amide bonds. The average Bonchev–Trinajstić information content (AvgIpc) is 3.64. The molecule has 0 saturated carbocycles. The molecular formula is C32H26N4O7S. The minimum atomic E-state index is -1.20. The molecule has 1 saturated heterocycles. The van der Waals surface area contributed by atoms with Gasteiger partial charge in [-0.15, -0.1) is 0 Å². The Morgan fingerprint density at radius 3 is 1.84 bits per heavy atom. The number of imidazole rings is 1. The molecular weight excluding hydrogens is 584 g/mol. The van der Waals surface area contributed by atoms with E-state index in [2.05, 4.69) is 9.97 Å². The predicted molar refractivity (Wildman–Crippen MR) is 159 cm³/mol.